The fourth-order valence-electron chi connectivity index (χ4n) is 2.04. The Kier molecular flexibility index (Phi) is 5.03. The molecule has 10 heteroatoms. The third kappa shape index (κ3) is 4.65. The van der Waals surface area contributed by atoms with E-state index in [2.05, 4.69) is 0 Å². The minimum absolute atomic E-state index is 0.206. The molecule has 0 N–H and O–H groups in total. The predicted octanol–water partition coefficient (Wildman–Crippen LogP) is 4.66. The van der Waals surface area contributed by atoms with Gasteiger partial charge in [0.25, 0.3) is 0 Å². The first-order chi connectivity index (χ1) is 11.4. The maximum absolute atomic E-state index is 12.6. The molecule has 25 heavy (non-hydrogen) atoms. The molecule has 0 atom stereocenters. The second-order valence-corrected chi connectivity index (χ2v) is 6.48. The summed E-state index contributed by atoms with van der Waals surface area (Å²) >= 11 is 0. The molecular weight excluding hydrogens is 374 g/mol. The van der Waals surface area contributed by atoms with Gasteiger partial charge >= 0.3 is 22.5 Å². The van der Waals surface area contributed by atoms with Crippen molar-refractivity contribution in [1.29, 1.82) is 0 Å². The van der Waals surface area contributed by atoms with Gasteiger partial charge < -0.3 is 4.18 Å². The van der Waals surface area contributed by atoms with Gasteiger partial charge in [-0.3, -0.25) is 0 Å². The molecule has 136 valence electrons. The maximum atomic E-state index is 12.6. The molecule has 0 heterocycles. The zero-order valence-corrected chi connectivity index (χ0v) is 13.0. The van der Waals surface area contributed by atoms with Gasteiger partial charge in [0.2, 0.25) is 0 Å². The largest absolute Gasteiger partial charge is 0.404 e. The minimum atomic E-state index is -5.53. The molecule has 0 aliphatic rings. The standard InChI is InChI=1S/C15H10F6O3S/c16-14(17,18)13(15(19,20)21)10-6-8-11(9-7-10)24-25(22,23)12-4-2-1-3-5-12/h1-9,13H. The van der Waals surface area contributed by atoms with E-state index < -0.39 is 39.7 Å². The van der Waals surface area contributed by atoms with Gasteiger partial charge in [-0.2, -0.15) is 34.8 Å². The summed E-state index contributed by atoms with van der Waals surface area (Å²) in [5.74, 6) is -4.07. The van der Waals surface area contributed by atoms with Crippen molar-refractivity contribution >= 4 is 10.1 Å². The molecule has 0 aliphatic heterocycles. The number of hydrogen-bond donors (Lipinski definition) is 0. The van der Waals surface area contributed by atoms with Crippen LogP contribution in [0.1, 0.15) is 11.5 Å². The van der Waals surface area contributed by atoms with Crippen LogP contribution in [-0.4, -0.2) is 20.8 Å². The van der Waals surface area contributed by atoms with Crippen LogP contribution in [0.25, 0.3) is 0 Å². The quantitative estimate of drug-likeness (QED) is 0.569. The molecule has 0 saturated carbocycles. The highest BCUT2D eigenvalue weighted by Crippen LogP contribution is 2.46. The van der Waals surface area contributed by atoms with Gasteiger partial charge in [0.05, 0.1) is 0 Å². The monoisotopic (exact) mass is 384 g/mol. The van der Waals surface area contributed by atoms with Gasteiger partial charge in [-0.15, -0.1) is 0 Å². The van der Waals surface area contributed by atoms with Crippen LogP contribution < -0.4 is 4.18 Å². The molecule has 0 fully saturated rings. The van der Waals surface area contributed by atoms with E-state index >= 15 is 0 Å². The zero-order chi connectivity index (χ0) is 18.9. The molecule has 2 aromatic rings. The van der Waals surface area contributed by atoms with Gasteiger partial charge in [0.1, 0.15) is 10.6 Å². The summed E-state index contributed by atoms with van der Waals surface area (Å²) in [7, 11) is -4.25. The van der Waals surface area contributed by atoms with Gasteiger partial charge in [-0.25, -0.2) is 0 Å². The highest BCUT2D eigenvalue weighted by atomic mass is 32.2. The van der Waals surface area contributed by atoms with Crippen LogP contribution >= 0.6 is 0 Å². The number of halogens is 6. The Bertz CT molecular complexity index is 797. The van der Waals surface area contributed by atoms with E-state index in [-0.39, 0.29) is 4.90 Å². The van der Waals surface area contributed by atoms with Crippen molar-refractivity contribution in [3.05, 3.63) is 60.2 Å². The Balaban J connectivity index is 2.28. The number of benzene rings is 2. The van der Waals surface area contributed by atoms with E-state index in [9.17, 15) is 34.8 Å². The second-order valence-electron chi connectivity index (χ2n) is 4.94. The van der Waals surface area contributed by atoms with Crippen LogP contribution in [0.15, 0.2) is 59.5 Å². The van der Waals surface area contributed by atoms with Crippen molar-refractivity contribution in [3.63, 3.8) is 0 Å². The molecule has 0 aromatic heterocycles. The summed E-state index contributed by atoms with van der Waals surface area (Å²) in [4.78, 5) is -0.206. The molecule has 0 unspecified atom stereocenters. The van der Waals surface area contributed by atoms with Crippen molar-refractivity contribution in [2.75, 3.05) is 0 Å². The van der Waals surface area contributed by atoms with Crippen molar-refractivity contribution in [2.24, 2.45) is 0 Å². The van der Waals surface area contributed by atoms with Crippen molar-refractivity contribution < 1.29 is 38.9 Å². The fourth-order valence-corrected chi connectivity index (χ4v) is 2.99. The minimum Gasteiger partial charge on any atom is -0.379 e. The van der Waals surface area contributed by atoms with Crippen molar-refractivity contribution in [1.82, 2.24) is 0 Å². The summed E-state index contributed by atoms with van der Waals surface area (Å²) in [6.45, 7) is 0. The summed E-state index contributed by atoms with van der Waals surface area (Å²) in [5.41, 5.74) is -1.07. The topological polar surface area (TPSA) is 43.4 Å². The van der Waals surface area contributed by atoms with E-state index in [1.54, 1.807) is 6.07 Å². The second kappa shape index (κ2) is 6.58. The molecule has 2 rings (SSSR count). The Labute approximate surface area is 139 Å². The van der Waals surface area contributed by atoms with Crippen LogP contribution in [0.5, 0.6) is 5.75 Å². The molecule has 0 amide bonds. The van der Waals surface area contributed by atoms with Crippen LogP contribution in [-0.2, 0) is 10.1 Å². The Hall–Kier alpha value is -2.23. The summed E-state index contributed by atoms with van der Waals surface area (Å²) < 4.78 is 105. The highest BCUT2D eigenvalue weighted by Gasteiger charge is 2.57. The average Bonchev–Trinajstić information content (AvgIpc) is 2.47. The zero-order valence-electron chi connectivity index (χ0n) is 12.2. The van der Waals surface area contributed by atoms with Crippen LogP contribution in [0, 0.1) is 0 Å². The first-order valence-corrected chi connectivity index (χ1v) is 8.05. The molecule has 3 nitrogen and oxygen atoms in total. The SMILES string of the molecule is O=S(=O)(Oc1ccc(C(C(F)(F)F)C(F)(F)F)cc1)c1ccccc1. The van der Waals surface area contributed by atoms with Crippen LogP contribution in [0.3, 0.4) is 0 Å². The van der Waals surface area contributed by atoms with E-state index in [1.165, 1.54) is 24.3 Å². The Morgan fingerprint density at radius 1 is 0.760 bits per heavy atom. The lowest BCUT2D eigenvalue weighted by Gasteiger charge is -2.23. The van der Waals surface area contributed by atoms with Gasteiger partial charge in [0.15, 0.2) is 5.92 Å². The van der Waals surface area contributed by atoms with E-state index in [0.29, 0.717) is 12.1 Å². The highest BCUT2D eigenvalue weighted by molar-refractivity contribution is 7.87. The van der Waals surface area contributed by atoms with E-state index in [4.69, 9.17) is 4.18 Å². The van der Waals surface area contributed by atoms with Crippen molar-refractivity contribution in [3.8, 4) is 5.75 Å². The lowest BCUT2D eigenvalue weighted by atomic mass is 9.98. The third-order valence-electron chi connectivity index (χ3n) is 3.11. The Morgan fingerprint density at radius 2 is 1.24 bits per heavy atom. The van der Waals surface area contributed by atoms with E-state index in [0.717, 1.165) is 12.1 Å². The molecule has 0 radical (unpaired) electrons. The lowest BCUT2D eigenvalue weighted by Crippen LogP contribution is -2.34. The van der Waals surface area contributed by atoms with Crippen LogP contribution in [0.4, 0.5) is 26.3 Å². The van der Waals surface area contributed by atoms with Gasteiger partial charge in [-0.1, -0.05) is 30.3 Å². The molecule has 2 aromatic carbocycles. The normalized spacial score (nSPS) is 13.1. The number of alkyl halides is 6. The predicted molar refractivity (Wildman–Crippen MR) is 75.5 cm³/mol. The first-order valence-electron chi connectivity index (χ1n) is 6.64. The van der Waals surface area contributed by atoms with Gasteiger partial charge in [-0.05, 0) is 29.8 Å². The van der Waals surface area contributed by atoms with Gasteiger partial charge in [0, 0.05) is 0 Å². The number of rotatable bonds is 4. The van der Waals surface area contributed by atoms with Crippen LogP contribution in [0.2, 0.25) is 0 Å². The molecule has 0 bridgehead atoms. The molecule has 0 spiro atoms. The lowest BCUT2D eigenvalue weighted by molar-refractivity contribution is -0.253. The van der Waals surface area contributed by atoms with Crippen molar-refractivity contribution in [2.45, 2.75) is 23.2 Å². The molecular formula is C15H10F6O3S. The first kappa shape index (κ1) is 19.1. The summed E-state index contributed by atoms with van der Waals surface area (Å²) in [6.07, 6.45) is -11.1. The fraction of sp³-hybridized carbons (Fsp3) is 0.200. The van der Waals surface area contributed by atoms with E-state index in [1.807, 2.05) is 0 Å². The summed E-state index contributed by atoms with van der Waals surface area (Å²) in [6, 6.07) is 9.40. The molecule has 0 aliphatic carbocycles. The smallest absolute Gasteiger partial charge is 0.379 e. The molecule has 0 saturated heterocycles. The Morgan fingerprint density at radius 3 is 1.68 bits per heavy atom. The number of hydrogen-bond acceptors (Lipinski definition) is 3. The maximum Gasteiger partial charge on any atom is 0.404 e. The third-order valence-corrected chi connectivity index (χ3v) is 4.37. The average molecular weight is 384 g/mol. The summed E-state index contributed by atoms with van der Waals surface area (Å²) in [5, 5.41) is 0.